The number of nitrogens with zero attached hydrogens (tertiary/aromatic N) is 2. The summed E-state index contributed by atoms with van der Waals surface area (Å²) in [4.78, 5) is 11.7. The maximum absolute atomic E-state index is 12.2. The molecule has 116 valence electrons. The molecule has 1 aliphatic rings. The molecule has 1 aromatic carbocycles. The van der Waals surface area contributed by atoms with Gasteiger partial charge in [-0.1, -0.05) is 11.3 Å². The third-order valence-electron chi connectivity index (χ3n) is 3.13. The van der Waals surface area contributed by atoms with E-state index >= 15 is 0 Å². The predicted octanol–water partition coefficient (Wildman–Crippen LogP) is 2.00. The van der Waals surface area contributed by atoms with Crippen LogP contribution in [0, 0.1) is 12.8 Å². The van der Waals surface area contributed by atoms with Crippen molar-refractivity contribution in [3.63, 3.8) is 0 Å². The van der Waals surface area contributed by atoms with Crippen molar-refractivity contribution in [1.29, 1.82) is 0 Å². The first-order chi connectivity index (χ1) is 10.4. The van der Waals surface area contributed by atoms with Crippen molar-refractivity contribution in [2.45, 2.75) is 24.7 Å². The topological polar surface area (TPSA) is 101 Å². The van der Waals surface area contributed by atoms with Crippen molar-refractivity contribution in [3.8, 4) is 0 Å². The Kier molecular flexibility index (Phi) is 3.83. The summed E-state index contributed by atoms with van der Waals surface area (Å²) in [6.45, 7) is 1.74. The fourth-order valence-electron chi connectivity index (χ4n) is 1.82. The lowest BCUT2D eigenvalue weighted by Gasteiger charge is -2.07. The molecule has 0 saturated heterocycles. The van der Waals surface area contributed by atoms with Crippen LogP contribution in [-0.4, -0.2) is 24.5 Å². The second-order valence-corrected chi connectivity index (χ2v) is 7.88. The molecule has 0 radical (unpaired) electrons. The van der Waals surface area contributed by atoms with Crippen LogP contribution in [0.5, 0.6) is 0 Å². The highest BCUT2D eigenvalue weighted by atomic mass is 32.2. The van der Waals surface area contributed by atoms with E-state index in [1.165, 1.54) is 12.1 Å². The minimum atomic E-state index is -3.70. The number of carbonyl (C=O) groups is 1. The van der Waals surface area contributed by atoms with E-state index in [4.69, 9.17) is 0 Å². The lowest BCUT2D eigenvalue weighted by atomic mass is 10.3. The Morgan fingerprint density at radius 1 is 1.23 bits per heavy atom. The number of carbonyl (C=O) groups excluding carboxylic acids is 1. The summed E-state index contributed by atoms with van der Waals surface area (Å²) in [5.74, 6) is 0.0868. The van der Waals surface area contributed by atoms with E-state index in [2.05, 4.69) is 20.2 Å². The Morgan fingerprint density at radius 3 is 2.45 bits per heavy atom. The van der Waals surface area contributed by atoms with E-state index in [-0.39, 0.29) is 21.9 Å². The van der Waals surface area contributed by atoms with Crippen molar-refractivity contribution in [2.24, 2.45) is 5.92 Å². The van der Waals surface area contributed by atoms with Crippen molar-refractivity contribution >= 4 is 38.1 Å². The molecular formula is C13H14N4O3S2. The average Bonchev–Trinajstić information content (AvgIpc) is 3.24. The van der Waals surface area contributed by atoms with Gasteiger partial charge in [-0.25, -0.2) is 8.42 Å². The van der Waals surface area contributed by atoms with Gasteiger partial charge in [-0.05, 0) is 44.0 Å². The summed E-state index contributed by atoms with van der Waals surface area (Å²) in [5.41, 5.74) is 0.586. The summed E-state index contributed by atoms with van der Waals surface area (Å²) in [6, 6.07) is 6.03. The van der Waals surface area contributed by atoms with Gasteiger partial charge in [0.1, 0.15) is 5.01 Å². The molecule has 1 fully saturated rings. The molecule has 1 saturated carbocycles. The number of hydrogen-bond donors (Lipinski definition) is 2. The molecule has 2 aromatic rings. The van der Waals surface area contributed by atoms with Crippen LogP contribution in [0.1, 0.15) is 17.8 Å². The highest BCUT2D eigenvalue weighted by molar-refractivity contribution is 7.93. The maximum Gasteiger partial charge on any atom is 0.263 e. The minimum absolute atomic E-state index is 0.0157. The molecule has 7 nitrogen and oxygen atoms in total. The summed E-state index contributed by atoms with van der Waals surface area (Å²) < 4.78 is 26.8. The van der Waals surface area contributed by atoms with Gasteiger partial charge in [0.2, 0.25) is 11.0 Å². The average molecular weight is 338 g/mol. The molecule has 1 heterocycles. The number of anilines is 2. The smallest absolute Gasteiger partial charge is 0.263 e. The van der Waals surface area contributed by atoms with Gasteiger partial charge in [0.25, 0.3) is 10.0 Å². The number of aryl methyl sites for hydroxylation is 1. The first-order valence-electron chi connectivity index (χ1n) is 6.68. The zero-order valence-electron chi connectivity index (χ0n) is 11.7. The van der Waals surface area contributed by atoms with Crippen LogP contribution in [0.15, 0.2) is 29.2 Å². The second-order valence-electron chi connectivity index (χ2n) is 5.02. The molecule has 1 amide bonds. The van der Waals surface area contributed by atoms with Gasteiger partial charge in [-0.2, -0.15) is 0 Å². The molecule has 1 aromatic heterocycles. The van der Waals surface area contributed by atoms with Crippen LogP contribution in [0.4, 0.5) is 10.8 Å². The van der Waals surface area contributed by atoms with Crippen LogP contribution in [0.2, 0.25) is 0 Å². The standard InChI is InChI=1S/C13H14N4O3S2/c1-8-15-16-13(21-8)17-22(19,20)11-6-4-10(5-7-11)14-12(18)9-2-3-9/h4-7,9H,2-3H2,1H3,(H,14,18)(H,16,17). The first-order valence-corrected chi connectivity index (χ1v) is 8.98. The van der Waals surface area contributed by atoms with Gasteiger partial charge in [0.05, 0.1) is 4.90 Å². The van der Waals surface area contributed by atoms with E-state index in [0.717, 1.165) is 24.2 Å². The maximum atomic E-state index is 12.2. The molecule has 2 N–H and O–H groups in total. The molecule has 22 heavy (non-hydrogen) atoms. The monoisotopic (exact) mass is 338 g/mol. The zero-order chi connectivity index (χ0) is 15.7. The molecule has 3 rings (SSSR count). The van der Waals surface area contributed by atoms with Crippen molar-refractivity contribution in [2.75, 3.05) is 10.0 Å². The number of benzene rings is 1. The Bertz CT molecular complexity index is 795. The lowest BCUT2D eigenvalue weighted by Crippen LogP contribution is -2.14. The van der Waals surface area contributed by atoms with Gasteiger partial charge in [0, 0.05) is 11.6 Å². The molecule has 0 atom stereocenters. The SMILES string of the molecule is Cc1nnc(NS(=O)(=O)c2ccc(NC(=O)C3CC3)cc2)s1. The number of hydrogen-bond acceptors (Lipinski definition) is 6. The molecular weight excluding hydrogens is 324 g/mol. The minimum Gasteiger partial charge on any atom is -0.326 e. The summed E-state index contributed by atoms with van der Waals surface area (Å²) in [6.07, 6.45) is 1.84. The van der Waals surface area contributed by atoms with Gasteiger partial charge >= 0.3 is 0 Å². The number of sulfonamides is 1. The number of rotatable bonds is 5. The Morgan fingerprint density at radius 2 is 1.91 bits per heavy atom. The molecule has 0 bridgehead atoms. The quantitative estimate of drug-likeness (QED) is 0.868. The normalized spacial score (nSPS) is 14.6. The molecule has 0 aliphatic heterocycles. The number of amides is 1. The van der Waals surface area contributed by atoms with Gasteiger partial charge in [0.15, 0.2) is 0 Å². The highest BCUT2D eigenvalue weighted by Gasteiger charge is 2.29. The first kappa shape index (κ1) is 14.9. The van der Waals surface area contributed by atoms with Crippen molar-refractivity contribution in [1.82, 2.24) is 10.2 Å². The molecule has 0 unspecified atom stereocenters. The zero-order valence-corrected chi connectivity index (χ0v) is 13.4. The highest BCUT2D eigenvalue weighted by Crippen LogP contribution is 2.30. The fraction of sp³-hybridized carbons (Fsp3) is 0.308. The Labute approximate surface area is 131 Å². The van der Waals surface area contributed by atoms with E-state index in [0.29, 0.717) is 10.7 Å². The van der Waals surface area contributed by atoms with E-state index in [1.807, 2.05) is 0 Å². The Hall–Kier alpha value is -2.00. The van der Waals surface area contributed by atoms with Gasteiger partial charge in [-0.3, -0.25) is 9.52 Å². The lowest BCUT2D eigenvalue weighted by molar-refractivity contribution is -0.117. The molecule has 0 spiro atoms. The Balaban J connectivity index is 1.72. The van der Waals surface area contributed by atoms with Crippen LogP contribution in [0.3, 0.4) is 0 Å². The van der Waals surface area contributed by atoms with E-state index in [1.54, 1.807) is 19.1 Å². The fourth-order valence-corrected chi connectivity index (χ4v) is 3.64. The number of nitrogens with one attached hydrogen (secondary N) is 2. The number of aromatic nitrogens is 2. The van der Waals surface area contributed by atoms with E-state index < -0.39 is 10.0 Å². The summed E-state index contributed by atoms with van der Waals surface area (Å²) in [5, 5.41) is 11.2. The predicted molar refractivity (Wildman–Crippen MR) is 83.3 cm³/mol. The molecule has 1 aliphatic carbocycles. The van der Waals surface area contributed by atoms with E-state index in [9.17, 15) is 13.2 Å². The third-order valence-corrected chi connectivity index (χ3v) is 5.37. The second kappa shape index (κ2) is 5.65. The summed E-state index contributed by atoms with van der Waals surface area (Å²) >= 11 is 1.16. The van der Waals surface area contributed by atoms with Crippen molar-refractivity contribution in [3.05, 3.63) is 29.3 Å². The van der Waals surface area contributed by atoms with Crippen LogP contribution in [0.25, 0.3) is 0 Å². The van der Waals surface area contributed by atoms with Crippen LogP contribution in [-0.2, 0) is 14.8 Å². The molecule has 9 heteroatoms. The summed E-state index contributed by atoms with van der Waals surface area (Å²) in [7, 11) is -3.70. The van der Waals surface area contributed by atoms with Gasteiger partial charge in [-0.15, -0.1) is 10.2 Å². The van der Waals surface area contributed by atoms with Crippen molar-refractivity contribution < 1.29 is 13.2 Å². The largest absolute Gasteiger partial charge is 0.326 e. The third kappa shape index (κ3) is 3.42. The van der Waals surface area contributed by atoms with Crippen LogP contribution < -0.4 is 10.0 Å². The van der Waals surface area contributed by atoms with Gasteiger partial charge < -0.3 is 5.32 Å². The van der Waals surface area contributed by atoms with Crippen LogP contribution >= 0.6 is 11.3 Å².